The summed E-state index contributed by atoms with van der Waals surface area (Å²) in [7, 11) is 1.76. The molecular weight excluding hydrogens is 378 g/mol. The average molecular weight is 402 g/mol. The lowest BCUT2D eigenvalue weighted by atomic mass is 10.2. The fourth-order valence-electron chi connectivity index (χ4n) is 2.62. The van der Waals surface area contributed by atoms with Gasteiger partial charge in [0, 0.05) is 35.9 Å². The van der Waals surface area contributed by atoms with Gasteiger partial charge in [-0.3, -0.25) is 4.79 Å². The number of carbonyl (C=O) groups excluding carboxylic acids is 2. The summed E-state index contributed by atoms with van der Waals surface area (Å²) in [6.45, 7) is 1.09. The van der Waals surface area contributed by atoms with Crippen LogP contribution >= 0.6 is 11.6 Å². The monoisotopic (exact) mass is 401 g/mol. The Labute approximate surface area is 169 Å². The first-order valence-electron chi connectivity index (χ1n) is 9.32. The van der Waals surface area contributed by atoms with Crippen molar-refractivity contribution in [2.45, 2.75) is 25.3 Å². The van der Waals surface area contributed by atoms with Crippen molar-refractivity contribution < 1.29 is 14.3 Å². The maximum atomic E-state index is 12.5. The molecule has 2 aromatic carbocycles. The van der Waals surface area contributed by atoms with E-state index in [1.165, 1.54) is 0 Å². The first-order valence-corrected chi connectivity index (χ1v) is 9.70. The number of benzene rings is 2. The molecule has 148 valence electrons. The van der Waals surface area contributed by atoms with Gasteiger partial charge in [-0.05, 0) is 67.8 Å². The minimum atomic E-state index is -0.209. The quantitative estimate of drug-likeness (QED) is 0.652. The molecule has 3 amide bonds. The van der Waals surface area contributed by atoms with Crippen LogP contribution in [0.2, 0.25) is 5.02 Å². The second kappa shape index (κ2) is 9.46. The van der Waals surface area contributed by atoms with E-state index in [0.29, 0.717) is 41.9 Å². The molecule has 6 nitrogen and oxygen atoms in total. The lowest BCUT2D eigenvalue weighted by Gasteiger charge is -2.17. The second-order valence-electron chi connectivity index (χ2n) is 6.83. The topological polar surface area (TPSA) is 70.7 Å². The molecule has 2 N–H and O–H groups in total. The van der Waals surface area contributed by atoms with E-state index in [4.69, 9.17) is 16.3 Å². The summed E-state index contributed by atoms with van der Waals surface area (Å²) in [5, 5.41) is 6.30. The van der Waals surface area contributed by atoms with Crippen molar-refractivity contribution in [2.75, 3.05) is 25.5 Å². The molecule has 0 radical (unpaired) electrons. The summed E-state index contributed by atoms with van der Waals surface area (Å²) in [6.07, 6.45) is 2.79. The van der Waals surface area contributed by atoms with Crippen LogP contribution in [-0.2, 0) is 0 Å². The fraction of sp³-hybridized carbons (Fsp3) is 0.333. The van der Waals surface area contributed by atoms with Gasteiger partial charge in [-0.25, -0.2) is 4.79 Å². The molecule has 0 aliphatic heterocycles. The number of hydrogen-bond acceptors (Lipinski definition) is 3. The molecule has 7 heteroatoms. The van der Waals surface area contributed by atoms with E-state index >= 15 is 0 Å². The highest BCUT2D eigenvalue weighted by molar-refractivity contribution is 6.30. The minimum Gasteiger partial charge on any atom is -0.494 e. The van der Waals surface area contributed by atoms with E-state index in [2.05, 4.69) is 10.6 Å². The molecule has 0 atom stereocenters. The maximum absolute atomic E-state index is 12.5. The van der Waals surface area contributed by atoms with E-state index in [9.17, 15) is 9.59 Å². The van der Waals surface area contributed by atoms with E-state index < -0.39 is 0 Å². The Kier molecular flexibility index (Phi) is 6.76. The van der Waals surface area contributed by atoms with Gasteiger partial charge in [0.2, 0.25) is 0 Å². The highest BCUT2D eigenvalue weighted by Gasteiger charge is 2.23. The first kappa shape index (κ1) is 20.0. The van der Waals surface area contributed by atoms with Crippen LogP contribution in [0.4, 0.5) is 10.5 Å². The third-order valence-corrected chi connectivity index (χ3v) is 4.62. The van der Waals surface area contributed by atoms with Crippen molar-refractivity contribution in [1.82, 2.24) is 10.2 Å². The van der Waals surface area contributed by atoms with Crippen molar-refractivity contribution in [3.63, 3.8) is 0 Å². The van der Waals surface area contributed by atoms with Gasteiger partial charge in [-0.2, -0.15) is 0 Å². The van der Waals surface area contributed by atoms with Gasteiger partial charge in [0.15, 0.2) is 0 Å². The van der Waals surface area contributed by atoms with Gasteiger partial charge in [-0.15, -0.1) is 0 Å². The second-order valence-corrected chi connectivity index (χ2v) is 7.27. The third-order valence-electron chi connectivity index (χ3n) is 4.37. The standard InChI is InChI=1S/C21H24ClN3O3/c1-25(13-2-14-28-19-11-5-16(22)6-12-19)20(26)15-3-7-17(8-4-15)23-21(27)24-18-9-10-18/h3-8,11-12,18H,2,9-10,13-14H2,1H3,(H2,23,24,27). The van der Waals surface area contributed by atoms with Crippen LogP contribution in [0, 0.1) is 0 Å². The average Bonchev–Trinajstić information content (AvgIpc) is 3.50. The molecule has 1 saturated carbocycles. The van der Waals surface area contributed by atoms with Crippen molar-refractivity contribution in [3.05, 3.63) is 59.1 Å². The summed E-state index contributed by atoms with van der Waals surface area (Å²) >= 11 is 5.84. The van der Waals surface area contributed by atoms with Crippen LogP contribution < -0.4 is 15.4 Å². The summed E-state index contributed by atoms with van der Waals surface area (Å²) in [6, 6.07) is 14.2. The zero-order chi connectivity index (χ0) is 19.9. The highest BCUT2D eigenvalue weighted by atomic mass is 35.5. The molecule has 0 heterocycles. The van der Waals surface area contributed by atoms with Gasteiger partial charge in [0.1, 0.15) is 5.75 Å². The zero-order valence-electron chi connectivity index (χ0n) is 15.8. The Morgan fingerprint density at radius 2 is 1.79 bits per heavy atom. The SMILES string of the molecule is CN(CCCOc1ccc(Cl)cc1)C(=O)c1ccc(NC(=O)NC2CC2)cc1. The molecule has 0 bridgehead atoms. The molecule has 2 aromatic rings. The number of anilines is 1. The number of carbonyl (C=O) groups is 2. The van der Waals surface area contributed by atoms with Crippen LogP contribution in [0.5, 0.6) is 5.75 Å². The van der Waals surface area contributed by atoms with Gasteiger partial charge in [-0.1, -0.05) is 11.6 Å². The number of amides is 3. The Bertz CT molecular complexity index is 805. The number of nitrogens with one attached hydrogen (secondary N) is 2. The summed E-state index contributed by atoms with van der Waals surface area (Å²) in [5.74, 6) is 0.688. The molecule has 1 aliphatic rings. The Morgan fingerprint density at radius 1 is 1.11 bits per heavy atom. The van der Waals surface area contributed by atoms with E-state index in [1.54, 1.807) is 48.3 Å². The zero-order valence-corrected chi connectivity index (χ0v) is 16.5. The molecule has 0 spiro atoms. The number of nitrogens with zero attached hydrogens (tertiary/aromatic N) is 1. The van der Waals surface area contributed by atoms with E-state index in [0.717, 1.165) is 18.6 Å². The largest absolute Gasteiger partial charge is 0.494 e. The molecule has 0 aromatic heterocycles. The smallest absolute Gasteiger partial charge is 0.319 e. The van der Waals surface area contributed by atoms with E-state index in [1.807, 2.05) is 12.1 Å². The van der Waals surface area contributed by atoms with Gasteiger partial charge >= 0.3 is 6.03 Å². The molecule has 28 heavy (non-hydrogen) atoms. The normalized spacial score (nSPS) is 12.9. The van der Waals surface area contributed by atoms with Crippen LogP contribution in [0.1, 0.15) is 29.6 Å². The van der Waals surface area contributed by atoms with Gasteiger partial charge in [0.05, 0.1) is 6.61 Å². The Hall–Kier alpha value is -2.73. The predicted octanol–water partition coefficient (Wildman–Crippen LogP) is 4.17. The lowest BCUT2D eigenvalue weighted by molar-refractivity contribution is 0.0788. The van der Waals surface area contributed by atoms with Crippen LogP contribution in [-0.4, -0.2) is 43.1 Å². The van der Waals surface area contributed by atoms with Crippen LogP contribution in [0.3, 0.4) is 0 Å². The van der Waals surface area contributed by atoms with Crippen LogP contribution in [0.25, 0.3) is 0 Å². The molecule has 3 rings (SSSR count). The fourth-order valence-corrected chi connectivity index (χ4v) is 2.75. The molecule has 0 unspecified atom stereocenters. The summed E-state index contributed by atoms with van der Waals surface area (Å²) in [4.78, 5) is 25.9. The minimum absolute atomic E-state index is 0.0690. The number of rotatable bonds is 8. The third kappa shape index (κ3) is 6.16. The number of urea groups is 1. The molecular formula is C21H24ClN3O3. The van der Waals surface area contributed by atoms with Gasteiger partial charge in [0.25, 0.3) is 5.91 Å². The van der Waals surface area contributed by atoms with Crippen molar-refractivity contribution in [2.24, 2.45) is 0 Å². The Balaban J connectivity index is 1.40. The van der Waals surface area contributed by atoms with Gasteiger partial charge < -0.3 is 20.3 Å². The first-order chi connectivity index (χ1) is 13.5. The lowest BCUT2D eigenvalue weighted by Crippen LogP contribution is -2.30. The van der Waals surface area contributed by atoms with Crippen molar-refractivity contribution >= 4 is 29.2 Å². The summed E-state index contributed by atoms with van der Waals surface area (Å²) < 4.78 is 5.64. The van der Waals surface area contributed by atoms with E-state index in [-0.39, 0.29) is 11.9 Å². The summed E-state index contributed by atoms with van der Waals surface area (Å²) in [5.41, 5.74) is 1.24. The molecule has 1 aliphatic carbocycles. The van der Waals surface area contributed by atoms with Crippen LogP contribution in [0.15, 0.2) is 48.5 Å². The number of hydrogen-bond donors (Lipinski definition) is 2. The number of halogens is 1. The van der Waals surface area contributed by atoms with Crippen molar-refractivity contribution in [3.8, 4) is 5.75 Å². The maximum Gasteiger partial charge on any atom is 0.319 e. The predicted molar refractivity (Wildman–Crippen MR) is 110 cm³/mol. The molecule has 1 fully saturated rings. The highest BCUT2D eigenvalue weighted by Crippen LogP contribution is 2.19. The number of ether oxygens (including phenoxy) is 1. The molecule has 0 saturated heterocycles. The van der Waals surface area contributed by atoms with Crippen molar-refractivity contribution in [1.29, 1.82) is 0 Å². The Morgan fingerprint density at radius 3 is 2.43 bits per heavy atom.